The van der Waals surface area contributed by atoms with Crippen molar-refractivity contribution in [3.8, 4) is 11.1 Å². The second-order valence-electron chi connectivity index (χ2n) is 4.40. The van der Waals surface area contributed by atoms with Crippen molar-refractivity contribution in [3.05, 3.63) is 91.0 Å². The van der Waals surface area contributed by atoms with Gasteiger partial charge >= 0.3 is 0 Å². The Labute approximate surface area is 121 Å². The Balaban J connectivity index is 2.36. The molecule has 100 valence electrons. The summed E-state index contributed by atoms with van der Waals surface area (Å²) >= 11 is 0. The van der Waals surface area contributed by atoms with E-state index in [0.717, 1.165) is 5.70 Å². The SMILES string of the molecule is C=C/C=C\C=C(\NC)c1cccc(-c2ccccc2)c1. The maximum absolute atomic E-state index is 3.67. The molecule has 0 aliphatic rings. The Kier molecular flexibility index (Phi) is 4.96. The molecule has 0 saturated heterocycles. The van der Waals surface area contributed by atoms with Gasteiger partial charge in [0, 0.05) is 12.7 Å². The highest BCUT2D eigenvalue weighted by atomic mass is 14.8. The van der Waals surface area contributed by atoms with Gasteiger partial charge in [0.05, 0.1) is 0 Å². The van der Waals surface area contributed by atoms with Crippen LogP contribution in [0.1, 0.15) is 5.56 Å². The zero-order valence-corrected chi connectivity index (χ0v) is 11.7. The first-order chi connectivity index (χ1) is 9.85. The minimum atomic E-state index is 1.08. The molecule has 0 amide bonds. The molecule has 0 saturated carbocycles. The molecule has 0 radical (unpaired) electrons. The molecule has 1 heteroatoms. The molecular formula is C19H19N. The maximum Gasteiger partial charge on any atom is 0.0411 e. The van der Waals surface area contributed by atoms with Crippen LogP contribution < -0.4 is 5.32 Å². The fraction of sp³-hybridized carbons (Fsp3) is 0.0526. The lowest BCUT2D eigenvalue weighted by Crippen LogP contribution is -2.04. The van der Waals surface area contributed by atoms with E-state index in [4.69, 9.17) is 0 Å². The largest absolute Gasteiger partial charge is 0.388 e. The van der Waals surface area contributed by atoms with Crippen molar-refractivity contribution in [2.24, 2.45) is 0 Å². The van der Waals surface area contributed by atoms with Gasteiger partial charge in [-0.15, -0.1) is 0 Å². The van der Waals surface area contributed by atoms with Crippen LogP contribution in [0.4, 0.5) is 0 Å². The molecule has 20 heavy (non-hydrogen) atoms. The van der Waals surface area contributed by atoms with E-state index in [9.17, 15) is 0 Å². The first-order valence-electron chi connectivity index (χ1n) is 6.68. The Morgan fingerprint density at radius 2 is 1.70 bits per heavy atom. The Bertz CT molecular complexity index is 621. The van der Waals surface area contributed by atoms with Gasteiger partial charge in [0.25, 0.3) is 0 Å². The van der Waals surface area contributed by atoms with Crippen molar-refractivity contribution in [1.82, 2.24) is 5.32 Å². The molecule has 1 nitrogen and oxygen atoms in total. The van der Waals surface area contributed by atoms with Gasteiger partial charge in [-0.1, -0.05) is 73.3 Å². The molecule has 0 fully saturated rings. The third-order valence-corrected chi connectivity index (χ3v) is 3.06. The lowest BCUT2D eigenvalue weighted by atomic mass is 10.0. The van der Waals surface area contributed by atoms with E-state index >= 15 is 0 Å². The molecule has 0 heterocycles. The quantitative estimate of drug-likeness (QED) is 0.772. The van der Waals surface area contributed by atoms with Gasteiger partial charge in [-0.05, 0) is 28.8 Å². The zero-order chi connectivity index (χ0) is 14.2. The van der Waals surface area contributed by atoms with Crippen molar-refractivity contribution in [3.63, 3.8) is 0 Å². The summed E-state index contributed by atoms with van der Waals surface area (Å²) in [6, 6.07) is 18.9. The number of rotatable bonds is 5. The molecule has 2 aromatic carbocycles. The number of allylic oxidation sites excluding steroid dienone is 4. The molecule has 0 atom stereocenters. The van der Waals surface area contributed by atoms with E-state index < -0.39 is 0 Å². The summed E-state index contributed by atoms with van der Waals surface area (Å²) in [4.78, 5) is 0. The average molecular weight is 261 g/mol. The predicted octanol–water partition coefficient (Wildman–Crippen LogP) is 4.66. The normalized spacial score (nSPS) is 11.6. The molecule has 0 aromatic heterocycles. The van der Waals surface area contributed by atoms with Crippen LogP contribution in [0.5, 0.6) is 0 Å². The predicted molar refractivity (Wildman–Crippen MR) is 88.3 cm³/mol. The van der Waals surface area contributed by atoms with Crippen molar-refractivity contribution in [2.45, 2.75) is 0 Å². The number of benzene rings is 2. The van der Waals surface area contributed by atoms with Crippen LogP contribution in [0.15, 0.2) is 85.5 Å². The lowest BCUT2D eigenvalue weighted by molar-refractivity contribution is 1.13. The maximum atomic E-state index is 3.67. The second kappa shape index (κ2) is 7.15. The van der Waals surface area contributed by atoms with Crippen molar-refractivity contribution in [1.29, 1.82) is 0 Å². The monoisotopic (exact) mass is 261 g/mol. The van der Waals surface area contributed by atoms with Crippen molar-refractivity contribution >= 4 is 5.70 Å². The minimum Gasteiger partial charge on any atom is -0.388 e. The van der Waals surface area contributed by atoms with E-state index in [1.165, 1.54) is 16.7 Å². The van der Waals surface area contributed by atoms with Gasteiger partial charge in [0.15, 0.2) is 0 Å². The molecule has 2 rings (SSSR count). The summed E-state index contributed by atoms with van der Waals surface area (Å²) in [5.74, 6) is 0. The standard InChI is InChI=1S/C19H19N/c1-3-4-6-14-19(20-2)18-13-9-12-17(15-18)16-10-7-5-8-11-16/h3-15,20H,1H2,2H3/b6-4-,19-14+. The van der Waals surface area contributed by atoms with Crippen molar-refractivity contribution < 1.29 is 0 Å². The Hall–Kier alpha value is -2.54. The molecule has 0 spiro atoms. The first kappa shape index (κ1) is 13.9. The molecule has 2 aromatic rings. The van der Waals surface area contributed by atoms with E-state index in [2.05, 4.69) is 60.4 Å². The summed E-state index contributed by atoms with van der Waals surface area (Å²) in [5, 5.41) is 3.23. The van der Waals surface area contributed by atoms with E-state index in [0.29, 0.717) is 0 Å². The van der Waals surface area contributed by atoms with Crippen LogP contribution in [0.25, 0.3) is 16.8 Å². The fourth-order valence-corrected chi connectivity index (χ4v) is 2.05. The van der Waals surface area contributed by atoms with Gasteiger partial charge in [-0.2, -0.15) is 0 Å². The summed E-state index contributed by atoms with van der Waals surface area (Å²) in [5.41, 5.74) is 4.70. The Morgan fingerprint density at radius 1 is 0.950 bits per heavy atom. The van der Waals surface area contributed by atoms with E-state index in [1.807, 2.05) is 31.3 Å². The Morgan fingerprint density at radius 3 is 2.40 bits per heavy atom. The van der Waals surface area contributed by atoms with Crippen LogP contribution in [0.2, 0.25) is 0 Å². The van der Waals surface area contributed by atoms with Crippen LogP contribution in [-0.4, -0.2) is 7.05 Å². The topological polar surface area (TPSA) is 12.0 Å². The van der Waals surface area contributed by atoms with E-state index in [1.54, 1.807) is 6.08 Å². The summed E-state index contributed by atoms with van der Waals surface area (Å²) in [6.07, 6.45) is 7.71. The van der Waals surface area contributed by atoms with Crippen LogP contribution >= 0.6 is 0 Å². The number of hydrogen-bond donors (Lipinski definition) is 1. The fourth-order valence-electron chi connectivity index (χ4n) is 2.05. The van der Waals surface area contributed by atoms with Crippen molar-refractivity contribution in [2.75, 3.05) is 7.05 Å². The molecule has 1 N–H and O–H groups in total. The van der Waals surface area contributed by atoms with Gasteiger partial charge in [-0.3, -0.25) is 0 Å². The van der Waals surface area contributed by atoms with Crippen LogP contribution in [0, 0.1) is 0 Å². The third-order valence-electron chi connectivity index (χ3n) is 3.06. The lowest BCUT2D eigenvalue weighted by Gasteiger charge is -2.09. The van der Waals surface area contributed by atoms with Crippen LogP contribution in [-0.2, 0) is 0 Å². The highest BCUT2D eigenvalue weighted by Gasteiger charge is 2.01. The highest BCUT2D eigenvalue weighted by molar-refractivity contribution is 5.72. The highest BCUT2D eigenvalue weighted by Crippen LogP contribution is 2.22. The summed E-state index contributed by atoms with van der Waals surface area (Å²) < 4.78 is 0. The second-order valence-corrected chi connectivity index (χ2v) is 4.40. The first-order valence-corrected chi connectivity index (χ1v) is 6.68. The van der Waals surface area contributed by atoms with Gasteiger partial charge in [-0.25, -0.2) is 0 Å². The van der Waals surface area contributed by atoms with Gasteiger partial charge < -0.3 is 5.32 Å². The molecule has 0 unspecified atom stereocenters. The minimum absolute atomic E-state index is 1.08. The smallest absolute Gasteiger partial charge is 0.0411 e. The number of nitrogens with one attached hydrogen (secondary N) is 1. The molecule has 0 aliphatic heterocycles. The molecule has 0 aliphatic carbocycles. The van der Waals surface area contributed by atoms with E-state index in [-0.39, 0.29) is 0 Å². The summed E-state index contributed by atoms with van der Waals surface area (Å²) in [6.45, 7) is 3.67. The zero-order valence-electron chi connectivity index (χ0n) is 11.7. The number of hydrogen-bond acceptors (Lipinski definition) is 1. The van der Waals surface area contributed by atoms with Crippen LogP contribution in [0.3, 0.4) is 0 Å². The van der Waals surface area contributed by atoms with Gasteiger partial charge in [0.2, 0.25) is 0 Å². The average Bonchev–Trinajstić information content (AvgIpc) is 2.53. The molecular weight excluding hydrogens is 242 g/mol. The third kappa shape index (κ3) is 3.48. The summed E-state index contributed by atoms with van der Waals surface area (Å²) in [7, 11) is 1.93. The van der Waals surface area contributed by atoms with Gasteiger partial charge in [0.1, 0.15) is 0 Å². The molecule has 0 bridgehead atoms.